The number of ether oxygens (including phenoxy) is 3. The van der Waals surface area contributed by atoms with Crippen molar-refractivity contribution in [3.63, 3.8) is 0 Å². The summed E-state index contributed by atoms with van der Waals surface area (Å²) in [4.78, 5) is 13.7. The van der Waals surface area contributed by atoms with E-state index in [4.69, 9.17) is 19.9 Å². The van der Waals surface area contributed by atoms with E-state index in [1.807, 2.05) is 0 Å². The second-order valence-corrected chi connectivity index (χ2v) is 4.53. The lowest BCUT2D eigenvalue weighted by Crippen LogP contribution is -2.38. The standard InChI is InChI=1S/C14H20N2O4/c15-12-1-3-13(4-2-12)20-11-14(17)19-10-7-16-5-8-18-9-6-16/h1-4H,5-11,15H2. The van der Waals surface area contributed by atoms with Crippen LogP contribution >= 0.6 is 0 Å². The summed E-state index contributed by atoms with van der Waals surface area (Å²) in [7, 11) is 0. The Balaban J connectivity index is 1.59. The number of carbonyl (C=O) groups excluding carboxylic acids is 1. The third kappa shape index (κ3) is 5.07. The normalized spacial score (nSPS) is 15.8. The highest BCUT2D eigenvalue weighted by Crippen LogP contribution is 2.12. The Morgan fingerprint density at radius 2 is 1.95 bits per heavy atom. The number of hydrogen-bond acceptors (Lipinski definition) is 6. The Bertz CT molecular complexity index is 416. The van der Waals surface area contributed by atoms with E-state index in [-0.39, 0.29) is 12.6 Å². The number of benzene rings is 1. The van der Waals surface area contributed by atoms with Crippen molar-refractivity contribution in [1.82, 2.24) is 4.90 Å². The van der Waals surface area contributed by atoms with Gasteiger partial charge in [-0.05, 0) is 24.3 Å². The minimum absolute atomic E-state index is 0.0902. The molecule has 1 saturated heterocycles. The molecule has 6 nitrogen and oxygen atoms in total. The van der Waals surface area contributed by atoms with Gasteiger partial charge in [0.1, 0.15) is 12.4 Å². The molecule has 0 amide bonds. The van der Waals surface area contributed by atoms with E-state index in [1.165, 1.54) is 0 Å². The predicted octanol–water partition coefficient (Wildman–Crippen LogP) is 0.523. The van der Waals surface area contributed by atoms with Crippen LogP contribution in [0.25, 0.3) is 0 Å². The molecule has 1 fully saturated rings. The van der Waals surface area contributed by atoms with E-state index in [0.717, 1.165) is 32.8 Å². The molecule has 1 aromatic rings. The molecule has 0 radical (unpaired) electrons. The molecular weight excluding hydrogens is 260 g/mol. The molecule has 0 bridgehead atoms. The summed E-state index contributed by atoms with van der Waals surface area (Å²) in [5, 5.41) is 0. The van der Waals surface area contributed by atoms with Crippen LogP contribution in [0.5, 0.6) is 5.75 Å². The van der Waals surface area contributed by atoms with E-state index in [1.54, 1.807) is 24.3 Å². The van der Waals surface area contributed by atoms with Crippen LogP contribution < -0.4 is 10.5 Å². The second-order valence-electron chi connectivity index (χ2n) is 4.53. The Kier molecular flexibility index (Phi) is 5.64. The average Bonchev–Trinajstić information content (AvgIpc) is 2.48. The molecule has 0 aliphatic carbocycles. The Morgan fingerprint density at radius 1 is 1.25 bits per heavy atom. The van der Waals surface area contributed by atoms with Gasteiger partial charge in [0.05, 0.1) is 13.2 Å². The zero-order valence-electron chi connectivity index (χ0n) is 11.4. The van der Waals surface area contributed by atoms with Crippen LogP contribution in [0.1, 0.15) is 0 Å². The highest BCUT2D eigenvalue weighted by Gasteiger charge is 2.11. The topological polar surface area (TPSA) is 74.0 Å². The van der Waals surface area contributed by atoms with Crippen molar-refractivity contribution in [2.75, 3.05) is 51.8 Å². The Labute approximate surface area is 118 Å². The number of rotatable bonds is 6. The minimum atomic E-state index is -0.366. The van der Waals surface area contributed by atoms with Gasteiger partial charge in [-0.1, -0.05) is 0 Å². The van der Waals surface area contributed by atoms with Crippen molar-refractivity contribution in [1.29, 1.82) is 0 Å². The number of esters is 1. The molecule has 1 heterocycles. The first-order chi connectivity index (χ1) is 9.74. The highest BCUT2D eigenvalue weighted by atomic mass is 16.6. The van der Waals surface area contributed by atoms with E-state index in [9.17, 15) is 4.79 Å². The van der Waals surface area contributed by atoms with E-state index < -0.39 is 0 Å². The highest BCUT2D eigenvalue weighted by molar-refractivity contribution is 5.71. The second kappa shape index (κ2) is 7.72. The first-order valence-corrected chi connectivity index (χ1v) is 6.68. The number of nitrogen functional groups attached to an aromatic ring is 1. The fraction of sp³-hybridized carbons (Fsp3) is 0.500. The molecule has 110 valence electrons. The largest absolute Gasteiger partial charge is 0.482 e. The van der Waals surface area contributed by atoms with E-state index in [0.29, 0.717) is 18.0 Å². The fourth-order valence-electron chi connectivity index (χ4n) is 1.86. The molecule has 2 rings (SSSR count). The SMILES string of the molecule is Nc1ccc(OCC(=O)OCCN2CCOCC2)cc1. The quantitative estimate of drug-likeness (QED) is 0.605. The summed E-state index contributed by atoms with van der Waals surface area (Å²) in [5.41, 5.74) is 6.22. The number of nitrogens with two attached hydrogens (primary N) is 1. The third-order valence-electron chi connectivity index (χ3n) is 3.01. The fourth-order valence-corrected chi connectivity index (χ4v) is 1.86. The molecule has 1 aliphatic rings. The van der Waals surface area contributed by atoms with Gasteiger partial charge >= 0.3 is 5.97 Å². The van der Waals surface area contributed by atoms with E-state index >= 15 is 0 Å². The summed E-state index contributed by atoms with van der Waals surface area (Å²) in [6, 6.07) is 6.88. The lowest BCUT2D eigenvalue weighted by molar-refractivity contribution is -0.146. The minimum Gasteiger partial charge on any atom is -0.482 e. The zero-order chi connectivity index (χ0) is 14.2. The molecule has 2 N–H and O–H groups in total. The molecular formula is C14H20N2O4. The van der Waals surface area contributed by atoms with Gasteiger partial charge in [0.2, 0.25) is 0 Å². The van der Waals surface area contributed by atoms with Crippen molar-refractivity contribution in [3.8, 4) is 5.75 Å². The molecule has 0 spiro atoms. The maximum atomic E-state index is 11.5. The number of morpholine rings is 1. The lowest BCUT2D eigenvalue weighted by atomic mass is 10.3. The zero-order valence-corrected chi connectivity index (χ0v) is 11.4. The average molecular weight is 280 g/mol. The van der Waals surface area contributed by atoms with Crippen LogP contribution in [0.15, 0.2) is 24.3 Å². The molecule has 6 heteroatoms. The monoisotopic (exact) mass is 280 g/mol. The smallest absolute Gasteiger partial charge is 0.344 e. The van der Waals surface area contributed by atoms with E-state index in [2.05, 4.69) is 4.90 Å². The summed E-state index contributed by atoms with van der Waals surface area (Å²) in [6.45, 7) is 4.29. The summed E-state index contributed by atoms with van der Waals surface area (Å²) < 4.78 is 15.7. The molecule has 0 saturated carbocycles. The summed E-state index contributed by atoms with van der Waals surface area (Å²) in [6.07, 6.45) is 0. The molecule has 20 heavy (non-hydrogen) atoms. The summed E-state index contributed by atoms with van der Waals surface area (Å²) >= 11 is 0. The van der Waals surface area contributed by atoms with Crippen molar-refractivity contribution in [2.45, 2.75) is 0 Å². The van der Waals surface area contributed by atoms with Crippen LogP contribution in [0.2, 0.25) is 0 Å². The molecule has 0 aromatic heterocycles. The number of carbonyl (C=O) groups is 1. The molecule has 0 unspecified atom stereocenters. The van der Waals surface area contributed by atoms with Gasteiger partial charge < -0.3 is 19.9 Å². The van der Waals surface area contributed by atoms with Gasteiger partial charge in [0.25, 0.3) is 0 Å². The van der Waals surface area contributed by atoms with Crippen LogP contribution in [-0.2, 0) is 14.3 Å². The van der Waals surface area contributed by atoms with Gasteiger partial charge in [-0.2, -0.15) is 0 Å². The van der Waals surface area contributed by atoms with Crippen molar-refractivity contribution < 1.29 is 19.0 Å². The van der Waals surface area contributed by atoms with Crippen molar-refractivity contribution in [2.24, 2.45) is 0 Å². The maximum absolute atomic E-state index is 11.5. The Hall–Kier alpha value is -1.79. The number of nitrogens with zero attached hydrogens (tertiary/aromatic N) is 1. The number of hydrogen-bond donors (Lipinski definition) is 1. The third-order valence-corrected chi connectivity index (χ3v) is 3.01. The van der Waals surface area contributed by atoms with Crippen molar-refractivity contribution >= 4 is 11.7 Å². The first-order valence-electron chi connectivity index (χ1n) is 6.68. The Morgan fingerprint density at radius 3 is 2.65 bits per heavy atom. The van der Waals surface area contributed by atoms with Crippen LogP contribution in [0, 0.1) is 0 Å². The molecule has 1 aromatic carbocycles. The lowest BCUT2D eigenvalue weighted by Gasteiger charge is -2.26. The van der Waals surface area contributed by atoms with Crippen LogP contribution in [0.4, 0.5) is 5.69 Å². The first kappa shape index (κ1) is 14.6. The molecule has 0 atom stereocenters. The van der Waals surface area contributed by atoms with Crippen LogP contribution in [-0.4, -0.2) is 56.9 Å². The van der Waals surface area contributed by atoms with Gasteiger partial charge in [0, 0.05) is 25.3 Å². The predicted molar refractivity (Wildman–Crippen MR) is 74.6 cm³/mol. The van der Waals surface area contributed by atoms with Gasteiger partial charge in [0.15, 0.2) is 6.61 Å². The summed E-state index contributed by atoms with van der Waals surface area (Å²) in [5.74, 6) is 0.236. The number of anilines is 1. The molecule has 1 aliphatic heterocycles. The van der Waals surface area contributed by atoms with Crippen molar-refractivity contribution in [3.05, 3.63) is 24.3 Å². The van der Waals surface area contributed by atoms with Crippen LogP contribution in [0.3, 0.4) is 0 Å². The van der Waals surface area contributed by atoms with Gasteiger partial charge in [-0.3, -0.25) is 4.90 Å². The maximum Gasteiger partial charge on any atom is 0.344 e. The van der Waals surface area contributed by atoms with Gasteiger partial charge in [-0.15, -0.1) is 0 Å². The van der Waals surface area contributed by atoms with Gasteiger partial charge in [-0.25, -0.2) is 4.79 Å².